The third kappa shape index (κ3) is 4.59. The van der Waals surface area contributed by atoms with Crippen LogP contribution in [0.5, 0.6) is 5.75 Å². The molecule has 2 rings (SSSR count). The Bertz CT molecular complexity index is 852. The Morgan fingerprint density at radius 1 is 1.04 bits per heavy atom. The van der Waals surface area contributed by atoms with E-state index in [-0.39, 0.29) is 29.9 Å². The summed E-state index contributed by atoms with van der Waals surface area (Å²) in [4.78, 5) is 24.4. The van der Waals surface area contributed by atoms with Crippen LogP contribution in [-0.2, 0) is 6.18 Å². The van der Waals surface area contributed by atoms with Crippen LogP contribution >= 0.6 is 0 Å². The second kappa shape index (κ2) is 7.99. The maximum atomic E-state index is 13.0. The minimum absolute atomic E-state index is 0.00910. The summed E-state index contributed by atoms with van der Waals surface area (Å²) in [5, 5.41) is 9.70. The summed E-state index contributed by atoms with van der Waals surface area (Å²) in [6.45, 7) is 1.75. The molecule has 0 aliphatic carbocycles. The van der Waals surface area contributed by atoms with Crippen LogP contribution in [-0.4, -0.2) is 16.7 Å². The standard InChI is InChI=1S/C20H17F3O3/c1-2-5-13-12-14(8-9-17(13)24)18(25)10-11-19(26)15-6-3-4-7-16(15)20(21,22)23/h2-9,12,24H,10-11H2,1H3/b5-2-. The predicted octanol–water partition coefficient (Wildman–Crippen LogP) is 5.29. The van der Waals surface area contributed by atoms with Crippen LogP contribution in [0.2, 0.25) is 0 Å². The van der Waals surface area contributed by atoms with Gasteiger partial charge < -0.3 is 5.11 Å². The molecular weight excluding hydrogens is 345 g/mol. The van der Waals surface area contributed by atoms with Gasteiger partial charge in [0.05, 0.1) is 5.56 Å². The van der Waals surface area contributed by atoms with Gasteiger partial charge >= 0.3 is 6.18 Å². The average molecular weight is 362 g/mol. The van der Waals surface area contributed by atoms with Gasteiger partial charge in [-0.3, -0.25) is 9.59 Å². The molecule has 0 atom stereocenters. The van der Waals surface area contributed by atoms with Crippen molar-refractivity contribution in [2.45, 2.75) is 25.9 Å². The number of rotatable bonds is 6. The van der Waals surface area contributed by atoms with Crippen LogP contribution in [0.15, 0.2) is 48.5 Å². The van der Waals surface area contributed by atoms with E-state index in [0.717, 1.165) is 12.1 Å². The summed E-state index contributed by atoms with van der Waals surface area (Å²) in [5.41, 5.74) is -0.703. The molecule has 2 aromatic carbocycles. The lowest BCUT2D eigenvalue weighted by Gasteiger charge is -2.11. The largest absolute Gasteiger partial charge is 0.507 e. The van der Waals surface area contributed by atoms with Crippen LogP contribution in [0.25, 0.3) is 6.08 Å². The van der Waals surface area contributed by atoms with Crippen LogP contribution < -0.4 is 0 Å². The van der Waals surface area contributed by atoms with Gasteiger partial charge in [-0.15, -0.1) is 0 Å². The highest BCUT2D eigenvalue weighted by atomic mass is 19.4. The summed E-state index contributed by atoms with van der Waals surface area (Å²) in [5.74, 6) is -1.11. The highest BCUT2D eigenvalue weighted by Crippen LogP contribution is 2.32. The summed E-state index contributed by atoms with van der Waals surface area (Å²) in [6.07, 6.45) is -1.86. The monoisotopic (exact) mass is 362 g/mol. The molecule has 6 heteroatoms. The quantitative estimate of drug-likeness (QED) is 0.711. The molecule has 0 aliphatic heterocycles. The number of carbonyl (C=O) groups excluding carboxylic acids is 2. The van der Waals surface area contributed by atoms with Crippen LogP contribution in [0.1, 0.15) is 51.6 Å². The van der Waals surface area contributed by atoms with Gasteiger partial charge in [-0.05, 0) is 31.2 Å². The first kappa shape index (κ1) is 19.4. The number of Topliss-reactive ketones (excluding diaryl/α,β-unsaturated/α-hetero) is 2. The first-order chi connectivity index (χ1) is 12.2. The van der Waals surface area contributed by atoms with Crippen LogP contribution in [0, 0.1) is 0 Å². The molecule has 26 heavy (non-hydrogen) atoms. The fourth-order valence-electron chi connectivity index (χ4n) is 2.52. The van der Waals surface area contributed by atoms with E-state index in [2.05, 4.69) is 0 Å². The molecule has 0 aromatic heterocycles. The zero-order chi connectivity index (χ0) is 19.3. The number of benzene rings is 2. The molecule has 0 saturated heterocycles. The fourth-order valence-corrected chi connectivity index (χ4v) is 2.52. The minimum atomic E-state index is -4.63. The Balaban J connectivity index is 2.13. The Morgan fingerprint density at radius 2 is 1.69 bits per heavy atom. The van der Waals surface area contributed by atoms with Crippen molar-refractivity contribution >= 4 is 17.6 Å². The zero-order valence-electron chi connectivity index (χ0n) is 14.0. The van der Waals surface area contributed by atoms with E-state index < -0.39 is 23.1 Å². The van der Waals surface area contributed by atoms with Crippen molar-refractivity contribution in [3.05, 3.63) is 70.8 Å². The lowest BCUT2D eigenvalue weighted by atomic mass is 9.97. The van der Waals surface area contributed by atoms with E-state index in [4.69, 9.17) is 0 Å². The second-order valence-electron chi connectivity index (χ2n) is 5.66. The number of allylic oxidation sites excluding steroid dienone is 1. The summed E-state index contributed by atoms with van der Waals surface area (Å²) in [6, 6.07) is 8.78. The van der Waals surface area contributed by atoms with Gasteiger partial charge in [-0.2, -0.15) is 13.2 Å². The average Bonchev–Trinajstić information content (AvgIpc) is 2.60. The van der Waals surface area contributed by atoms with E-state index in [1.807, 2.05) is 0 Å². The third-order valence-corrected chi connectivity index (χ3v) is 3.81. The molecule has 0 amide bonds. The predicted molar refractivity (Wildman–Crippen MR) is 92.2 cm³/mol. The van der Waals surface area contributed by atoms with Gasteiger partial charge in [0.15, 0.2) is 11.6 Å². The zero-order valence-corrected chi connectivity index (χ0v) is 14.0. The molecule has 0 bridgehead atoms. The summed E-state index contributed by atoms with van der Waals surface area (Å²) in [7, 11) is 0. The minimum Gasteiger partial charge on any atom is -0.507 e. The van der Waals surface area contributed by atoms with Crippen molar-refractivity contribution in [3.8, 4) is 5.75 Å². The Labute approximate surface area is 148 Å². The number of phenolic OH excluding ortho intramolecular Hbond substituents is 1. The van der Waals surface area contributed by atoms with Crippen molar-refractivity contribution in [2.24, 2.45) is 0 Å². The van der Waals surface area contributed by atoms with Gasteiger partial charge in [0, 0.05) is 29.5 Å². The smallest absolute Gasteiger partial charge is 0.417 e. The van der Waals surface area contributed by atoms with Crippen LogP contribution in [0.3, 0.4) is 0 Å². The van der Waals surface area contributed by atoms with E-state index >= 15 is 0 Å². The number of aromatic hydroxyl groups is 1. The van der Waals surface area contributed by atoms with Gasteiger partial charge in [0.1, 0.15) is 5.75 Å². The van der Waals surface area contributed by atoms with Crippen molar-refractivity contribution in [1.82, 2.24) is 0 Å². The number of phenols is 1. The van der Waals surface area contributed by atoms with Gasteiger partial charge in [0.25, 0.3) is 0 Å². The van der Waals surface area contributed by atoms with E-state index in [0.29, 0.717) is 5.56 Å². The normalized spacial score (nSPS) is 11.7. The molecule has 1 N–H and O–H groups in total. The highest BCUT2D eigenvalue weighted by molar-refractivity contribution is 6.03. The maximum Gasteiger partial charge on any atom is 0.417 e. The van der Waals surface area contributed by atoms with Gasteiger partial charge in [-0.25, -0.2) is 0 Å². The number of carbonyl (C=O) groups is 2. The van der Waals surface area contributed by atoms with Crippen molar-refractivity contribution in [2.75, 3.05) is 0 Å². The molecule has 136 valence electrons. The number of hydrogen-bond acceptors (Lipinski definition) is 3. The van der Waals surface area contributed by atoms with Crippen molar-refractivity contribution in [1.29, 1.82) is 0 Å². The first-order valence-corrected chi connectivity index (χ1v) is 7.92. The summed E-state index contributed by atoms with van der Waals surface area (Å²) < 4.78 is 38.9. The van der Waals surface area contributed by atoms with Crippen LogP contribution in [0.4, 0.5) is 13.2 Å². The highest BCUT2D eigenvalue weighted by Gasteiger charge is 2.34. The summed E-state index contributed by atoms with van der Waals surface area (Å²) >= 11 is 0. The number of halogens is 3. The first-order valence-electron chi connectivity index (χ1n) is 7.92. The molecule has 0 unspecified atom stereocenters. The number of alkyl halides is 3. The number of hydrogen-bond donors (Lipinski definition) is 1. The molecule has 2 aromatic rings. The molecule has 0 spiro atoms. The third-order valence-electron chi connectivity index (χ3n) is 3.81. The number of ketones is 2. The lowest BCUT2D eigenvalue weighted by Crippen LogP contribution is -2.14. The lowest BCUT2D eigenvalue weighted by molar-refractivity contribution is -0.137. The fraction of sp³-hybridized carbons (Fsp3) is 0.200. The maximum absolute atomic E-state index is 13.0. The Hall–Kier alpha value is -2.89. The van der Waals surface area contributed by atoms with E-state index in [1.165, 1.54) is 30.3 Å². The van der Waals surface area contributed by atoms with Gasteiger partial charge in [0.2, 0.25) is 0 Å². The second-order valence-corrected chi connectivity index (χ2v) is 5.66. The van der Waals surface area contributed by atoms with Crippen molar-refractivity contribution < 1.29 is 27.9 Å². The molecule has 0 aliphatic rings. The SMILES string of the molecule is C/C=C\c1cc(C(=O)CCC(=O)c2ccccc2C(F)(F)F)ccc1O. The Kier molecular flexibility index (Phi) is 5.97. The molecule has 0 saturated carbocycles. The molecule has 0 heterocycles. The Morgan fingerprint density at radius 3 is 2.35 bits per heavy atom. The molecule has 3 nitrogen and oxygen atoms in total. The van der Waals surface area contributed by atoms with E-state index in [1.54, 1.807) is 19.1 Å². The molecule has 0 radical (unpaired) electrons. The topological polar surface area (TPSA) is 54.4 Å². The van der Waals surface area contributed by atoms with Gasteiger partial charge in [-0.1, -0.05) is 30.4 Å². The van der Waals surface area contributed by atoms with E-state index in [9.17, 15) is 27.9 Å². The van der Waals surface area contributed by atoms with Crippen molar-refractivity contribution in [3.63, 3.8) is 0 Å². The molecule has 0 fully saturated rings. The molecular formula is C20H17F3O3.